The summed E-state index contributed by atoms with van der Waals surface area (Å²) >= 11 is 0. The molecule has 0 saturated heterocycles. The molecule has 132 valence electrons. The molecule has 0 heterocycles. The van der Waals surface area contributed by atoms with Crippen LogP contribution in [0.25, 0.3) is 0 Å². The van der Waals surface area contributed by atoms with Gasteiger partial charge in [-0.3, -0.25) is 4.79 Å². The van der Waals surface area contributed by atoms with E-state index in [1.165, 1.54) is 7.11 Å². The van der Waals surface area contributed by atoms with Crippen LogP contribution in [0.4, 0.5) is 11.4 Å². The molecule has 7 heteroatoms. The van der Waals surface area contributed by atoms with Crippen LogP contribution in [0.15, 0.2) is 42.5 Å². The summed E-state index contributed by atoms with van der Waals surface area (Å²) in [5, 5.41) is 5.75. The fourth-order valence-corrected chi connectivity index (χ4v) is 2.14. The van der Waals surface area contributed by atoms with Crippen LogP contribution >= 0.6 is 0 Å². The Morgan fingerprint density at radius 1 is 0.880 bits per heavy atom. The number of benzene rings is 2. The van der Waals surface area contributed by atoms with Gasteiger partial charge >= 0.3 is 5.97 Å². The van der Waals surface area contributed by atoms with Crippen molar-refractivity contribution in [3.63, 3.8) is 0 Å². The van der Waals surface area contributed by atoms with E-state index in [9.17, 15) is 9.59 Å². The zero-order valence-corrected chi connectivity index (χ0v) is 14.3. The summed E-state index contributed by atoms with van der Waals surface area (Å²) < 4.78 is 15.0. The van der Waals surface area contributed by atoms with Crippen LogP contribution in [0, 0.1) is 0 Å². The van der Waals surface area contributed by atoms with Crippen LogP contribution in [-0.4, -0.2) is 39.8 Å². The second-order valence-electron chi connectivity index (χ2n) is 5.04. The van der Waals surface area contributed by atoms with Gasteiger partial charge in [-0.05, 0) is 36.4 Å². The Morgan fingerprint density at radius 2 is 1.52 bits per heavy atom. The predicted octanol–water partition coefficient (Wildman–Crippen LogP) is 2.54. The summed E-state index contributed by atoms with van der Waals surface area (Å²) in [6, 6.07) is 11.7. The van der Waals surface area contributed by atoms with Crippen LogP contribution < -0.4 is 20.1 Å². The highest BCUT2D eigenvalue weighted by Crippen LogP contribution is 2.29. The molecule has 0 bridgehead atoms. The van der Waals surface area contributed by atoms with Crippen molar-refractivity contribution in [2.24, 2.45) is 0 Å². The predicted molar refractivity (Wildman–Crippen MR) is 94.4 cm³/mol. The van der Waals surface area contributed by atoms with E-state index in [1.807, 2.05) is 0 Å². The third kappa shape index (κ3) is 4.87. The molecule has 0 aromatic heterocycles. The monoisotopic (exact) mass is 344 g/mol. The zero-order chi connectivity index (χ0) is 18.2. The average Bonchev–Trinajstić information content (AvgIpc) is 2.66. The average molecular weight is 344 g/mol. The van der Waals surface area contributed by atoms with Crippen molar-refractivity contribution in [1.82, 2.24) is 0 Å². The lowest BCUT2D eigenvalue weighted by Gasteiger charge is -2.11. The number of hydrogen-bond acceptors (Lipinski definition) is 6. The molecule has 0 radical (unpaired) electrons. The highest BCUT2D eigenvalue weighted by Gasteiger charge is 2.08. The number of carbonyl (C=O) groups excluding carboxylic acids is 2. The molecule has 0 fully saturated rings. The molecule has 7 nitrogen and oxygen atoms in total. The van der Waals surface area contributed by atoms with Crippen LogP contribution in [0.3, 0.4) is 0 Å². The molecule has 2 aromatic rings. The van der Waals surface area contributed by atoms with Crippen molar-refractivity contribution in [2.75, 3.05) is 38.5 Å². The maximum atomic E-state index is 12.0. The number of hydrogen-bond donors (Lipinski definition) is 2. The number of carbonyl (C=O) groups is 2. The summed E-state index contributed by atoms with van der Waals surface area (Å²) in [5.74, 6) is 0.545. The minimum atomic E-state index is -0.423. The molecule has 2 rings (SSSR count). The molecule has 1 amide bonds. The lowest BCUT2D eigenvalue weighted by Crippen LogP contribution is -2.21. The Labute approximate surface area is 145 Å². The van der Waals surface area contributed by atoms with E-state index < -0.39 is 5.97 Å². The maximum absolute atomic E-state index is 12.0. The molecule has 0 aliphatic heterocycles. The Balaban J connectivity index is 1.91. The number of rotatable bonds is 7. The van der Waals surface area contributed by atoms with E-state index in [0.717, 1.165) is 5.69 Å². The molecule has 25 heavy (non-hydrogen) atoms. The molecule has 2 N–H and O–H groups in total. The smallest absolute Gasteiger partial charge is 0.337 e. The normalized spacial score (nSPS) is 9.88. The van der Waals surface area contributed by atoms with Gasteiger partial charge in [0.05, 0.1) is 33.4 Å². The van der Waals surface area contributed by atoms with E-state index in [1.54, 1.807) is 56.7 Å². The van der Waals surface area contributed by atoms with E-state index in [-0.39, 0.29) is 12.5 Å². The number of esters is 1. The van der Waals surface area contributed by atoms with Gasteiger partial charge in [0.1, 0.15) is 0 Å². The molecule has 0 saturated carbocycles. The van der Waals surface area contributed by atoms with Gasteiger partial charge in [0.25, 0.3) is 0 Å². The fraction of sp³-hybridized carbons (Fsp3) is 0.222. The largest absolute Gasteiger partial charge is 0.493 e. The first kappa shape index (κ1) is 18.1. The Hall–Kier alpha value is -3.22. The first-order chi connectivity index (χ1) is 12.1. The van der Waals surface area contributed by atoms with Crippen molar-refractivity contribution in [2.45, 2.75) is 0 Å². The van der Waals surface area contributed by atoms with E-state index in [0.29, 0.717) is 22.7 Å². The maximum Gasteiger partial charge on any atom is 0.337 e. The minimum Gasteiger partial charge on any atom is -0.493 e. The lowest BCUT2D eigenvalue weighted by molar-refractivity contribution is -0.114. The highest BCUT2D eigenvalue weighted by molar-refractivity contribution is 5.95. The minimum absolute atomic E-state index is 0.0776. The summed E-state index contributed by atoms with van der Waals surface area (Å²) in [6.45, 7) is 0.0776. The summed E-state index contributed by atoms with van der Waals surface area (Å²) in [4.78, 5) is 23.4. The van der Waals surface area contributed by atoms with Gasteiger partial charge < -0.3 is 24.8 Å². The quantitative estimate of drug-likeness (QED) is 0.751. The third-order valence-corrected chi connectivity index (χ3v) is 3.43. The molecule has 0 aliphatic rings. The Morgan fingerprint density at radius 3 is 2.12 bits per heavy atom. The molecule has 0 atom stereocenters. The van der Waals surface area contributed by atoms with Crippen molar-refractivity contribution >= 4 is 23.3 Å². The van der Waals surface area contributed by atoms with Gasteiger partial charge in [-0.15, -0.1) is 0 Å². The summed E-state index contributed by atoms with van der Waals surface area (Å²) in [7, 11) is 4.42. The van der Waals surface area contributed by atoms with Gasteiger partial charge in [-0.25, -0.2) is 4.79 Å². The highest BCUT2D eigenvalue weighted by atomic mass is 16.5. The Kier molecular flexibility index (Phi) is 6.22. The SMILES string of the molecule is COC(=O)c1ccc(NC(=O)CNc2ccc(OC)c(OC)c2)cc1. The van der Waals surface area contributed by atoms with Crippen LogP contribution in [0.5, 0.6) is 11.5 Å². The van der Waals surface area contributed by atoms with Crippen molar-refractivity contribution in [1.29, 1.82) is 0 Å². The third-order valence-electron chi connectivity index (χ3n) is 3.43. The van der Waals surface area contributed by atoms with Gasteiger partial charge in [0.15, 0.2) is 11.5 Å². The number of amides is 1. The first-order valence-corrected chi connectivity index (χ1v) is 7.51. The van der Waals surface area contributed by atoms with E-state index in [2.05, 4.69) is 15.4 Å². The molecule has 2 aromatic carbocycles. The van der Waals surface area contributed by atoms with E-state index >= 15 is 0 Å². The number of ether oxygens (including phenoxy) is 3. The van der Waals surface area contributed by atoms with Crippen molar-refractivity contribution in [3.8, 4) is 11.5 Å². The van der Waals surface area contributed by atoms with Crippen LogP contribution in [-0.2, 0) is 9.53 Å². The standard InChI is InChI=1S/C18H20N2O5/c1-23-15-9-8-14(10-16(15)24-2)19-11-17(21)20-13-6-4-12(5-7-13)18(22)25-3/h4-10,19H,11H2,1-3H3,(H,20,21). The van der Waals surface area contributed by atoms with Crippen LogP contribution in [0.2, 0.25) is 0 Å². The van der Waals surface area contributed by atoms with Gasteiger partial charge in [0.2, 0.25) is 5.91 Å². The topological polar surface area (TPSA) is 85.9 Å². The van der Waals surface area contributed by atoms with Gasteiger partial charge in [0, 0.05) is 17.4 Å². The Bertz CT molecular complexity index is 744. The second kappa shape index (κ2) is 8.58. The number of methoxy groups -OCH3 is 3. The number of anilines is 2. The molecule has 0 unspecified atom stereocenters. The zero-order valence-electron chi connectivity index (χ0n) is 14.3. The second-order valence-corrected chi connectivity index (χ2v) is 5.04. The van der Waals surface area contributed by atoms with E-state index in [4.69, 9.17) is 9.47 Å². The molecule has 0 spiro atoms. The molecular weight excluding hydrogens is 324 g/mol. The number of nitrogens with one attached hydrogen (secondary N) is 2. The lowest BCUT2D eigenvalue weighted by atomic mass is 10.2. The molecule has 0 aliphatic carbocycles. The van der Waals surface area contributed by atoms with Crippen molar-refractivity contribution < 1.29 is 23.8 Å². The van der Waals surface area contributed by atoms with Gasteiger partial charge in [-0.2, -0.15) is 0 Å². The first-order valence-electron chi connectivity index (χ1n) is 7.51. The summed E-state index contributed by atoms with van der Waals surface area (Å²) in [5.41, 5.74) is 1.74. The van der Waals surface area contributed by atoms with Crippen LogP contribution in [0.1, 0.15) is 10.4 Å². The van der Waals surface area contributed by atoms with Crippen molar-refractivity contribution in [3.05, 3.63) is 48.0 Å². The molecular formula is C18H20N2O5. The fourth-order valence-electron chi connectivity index (χ4n) is 2.14. The van der Waals surface area contributed by atoms with Gasteiger partial charge in [-0.1, -0.05) is 0 Å². The summed E-state index contributed by atoms with van der Waals surface area (Å²) in [6.07, 6.45) is 0.